The van der Waals surface area contributed by atoms with Gasteiger partial charge in [-0.15, -0.1) is 0 Å². The zero-order valence-electron chi connectivity index (χ0n) is 8.31. The highest BCUT2D eigenvalue weighted by atomic mass is 35.5. The van der Waals surface area contributed by atoms with Crippen LogP contribution in [0.15, 0.2) is 28.4 Å². The van der Waals surface area contributed by atoms with Crippen LogP contribution in [0.5, 0.6) is 0 Å². The van der Waals surface area contributed by atoms with Crippen molar-refractivity contribution in [2.75, 3.05) is 0 Å². The van der Waals surface area contributed by atoms with E-state index in [0.717, 1.165) is 15.6 Å². The van der Waals surface area contributed by atoms with E-state index >= 15 is 0 Å². The molecule has 0 aliphatic heterocycles. The lowest BCUT2D eigenvalue weighted by Gasteiger charge is -1.99. The predicted molar refractivity (Wildman–Crippen MR) is 59.1 cm³/mol. The molecular formula is C9H9ClN4S. The lowest BCUT2D eigenvalue weighted by atomic mass is 10.5. The van der Waals surface area contributed by atoms with Gasteiger partial charge in [-0.25, -0.2) is 9.97 Å². The van der Waals surface area contributed by atoms with Crippen LogP contribution in [0.2, 0.25) is 5.28 Å². The fraction of sp³-hybridized carbons (Fsp3) is 0.222. The van der Waals surface area contributed by atoms with Gasteiger partial charge in [-0.1, -0.05) is 11.8 Å². The highest BCUT2D eigenvalue weighted by Crippen LogP contribution is 2.26. The van der Waals surface area contributed by atoms with Gasteiger partial charge in [0.2, 0.25) is 5.28 Å². The average molecular weight is 241 g/mol. The zero-order chi connectivity index (χ0) is 10.8. The Bertz CT molecular complexity index is 462. The Hall–Kier alpha value is -1.07. The molecule has 0 aromatic carbocycles. The van der Waals surface area contributed by atoms with Crippen molar-refractivity contribution < 1.29 is 0 Å². The lowest BCUT2D eigenvalue weighted by molar-refractivity contribution is 0.766. The summed E-state index contributed by atoms with van der Waals surface area (Å²) in [5, 5.41) is 5.19. The standard InChI is InChI=1S/C9H9ClN4S/c1-6-3-8(13-9(10)12-6)15-7-4-11-14(2)5-7/h3-5H,1-2H3. The molecule has 2 heterocycles. The van der Waals surface area contributed by atoms with Crippen molar-refractivity contribution in [2.45, 2.75) is 16.8 Å². The quantitative estimate of drug-likeness (QED) is 0.597. The molecule has 0 bridgehead atoms. The molecule has 0 aliphatic rings. The normalized spacial score (nSPS) is 10.6. The van der Waals surface area contributed by atoms with E-state index in [9.17, 15) is 0 Å². The monoisotopic (exact) mass is 240 g/mol. The van der Waals surface area contributed by atoms with E-state index < -0.39 is 0 Å². The molecule has 0 amide bonds. The third kappa shape index (κ3) is 2.70. The van der Waals surface area contributed by atoms with E-state index in [-0.39, 0.29) is 5.28 Å². The second kappa shape index (κ2) is 4.20. The van der Waals surface area contributed by atoms with Crippen LogP contribution in [0.4, 0.5) is 0 Å². The largest absolute Gasteiger partial charge is 0.275 e. The fourth-order valence-corrected chi connectivity index (χ4v) is 2.31. The van der Waals surface area contributed by atoms with Crippen molar-refractivity contribution in [2.24, 2.45) is 7.05 Å². The smallest absolute Gasteiger partial charge is 0.223 e. The van der Waals surface area contributed by atoms with Crippen LogP contribution in [0.3, 0.4) is 0 Å². The third-order valence-electron chi connectivity index (χ3n) is 1.71. The van der Waals surface area contributed by atoms with Crippen molar-refractivity contribution in [1.29, 1.82) is 0 Å². The zero-order valence-corrected chi connectivity index (χ0v) is 9.88. The minimum absolute atomic E-state index is 0.279. The summed E-state index contributed by atoms with van der Waals surface area (Å²) in [5.74, 6) is 0. The van der Waals surface area contributed by atoms with Gasteiger partial charge in [-0.3, -0.25) is 4.68 Å². The van der Waals surface area contributed by atoms with Crippen molar-refractivity contribution in [3.05, 3.63) is 29.4 Å². The molecule has 0 aliphatic carbocycles. The van der Waals surface area contributed by atoms with E-state index in [1.165, 1.54) is 11.8 Å². The first-order valence-electron chi connectivity index (χ1n) is 4.31. The summed E-state index contributed by atoms with van der Waals surface area (Å²) in [7, 11) is 1.88. The van der Waals surface area contributed by atoms with Gasteiger partial charge in [0.05, 0.1) is 11.1 Å². The summed E-state index contributed by atoms with van der Waals surface area (Å²) in [5.41, 5.74) is 0.862. The molecule has 2 rings (SSSR count). The number of aryl methyl sites for hydroxylation is 2. The number of nitrogens with zero attached hydrogens (tertiary/aromatic N) is 4. The lowest BCUT2D eigenvalue weighted by Crippen LogP contribution is -1.88. The molecule has 0 spiro atoms. The van der Waals surface area contributed by atoms with Crippen molar-refractivity contribution in [3.8, 4) is 0 Å². The van der Waals surface area contributed by atoms with Crippen LogP contribution in [-0.2, 0) is 7.05 Å². The Kier molecular flexibility index (Phi) is 2.93. The van der Waals surface area contributed by atoms with Gasteiger partial charge in [0, 0.05) is 18.9 Å². The van der Waals surface area contributed by atoms with Crippen LogP contribution in [-0.4, -0.2) is 19.7 Å². The Morgan fingerprint density at radius 3 is 2.80 bits per heavy atom. The Labute approximate surface area is 96.7 Å². The first kappa shape index (κ1) is 10.4. The van der Waals surface area contributed by atoms with E-state index in [1.807, 2.05) is 26.2 Å². The minimum atomic E-state index is 0.279. The van der Waals surface area contributed by atoms with Crippen LogP contribution < -0.4 is 0 Å². The summed E-state index contributed by atoms with van der Waals surface area (Å²) in [4.78, 5) is 9.15. The molecule has 6 heteroatoms. The predicted octanol–water partition coefficient (Wildman–Crippen LogP) is 2.32. The maximum absolute atomic E-state index is 5.77. The van der Waals surface area contributed by atoms with Crippen LogP contribution in [0.25, 0.3) is 0 Å². The highest BCUT2D eigenvalue weighted by molar-refractivity contribution is 7.99. The van der Waals surface area contributed by atoms with Gasteiger partial charge in [0.1, 0.15) is 5.03 Å². The molecule has 15 heavy (non-hydrogen) atoms. The molecule has 2 aromatic rings. The second-order valence-electron chi connectivity index (χ2n) is 3.07. The summed E-state index contributed by atoms with van der Waals surface area (Å²) in [6.07, 6.45) is 3.71. The molecule has 0 radical (unpaired) electrons. The van der Waals surface area contributed by atoms with E-state index in [4.69, 9.17) is 11.6 Å². The van der Waals surface area contributed by atoms with Gasteiger partial charge < -0.3 is 0 Å². The molecule has 0 saturated heterocycles. The first-order valence-corrected chi connectivity index (χ1v) is 5.50. The number of aromatic nitrogens is 4. The van der Waals surface area contributed by atoms with Crippen molar-refractivity contribution >= 4 is 23.4 Å². The van der Waals surface area contributed by atoms with Gasteiger partial charge >= 0.3 is 0 Å². The third-order valence-corrected chi connectivity index (χ3v) is 2.74. The molecular weight excluding hydrogens is 232 g/mol. The molecule has 0 atom stereocenters. The van der Waals surface area contributed by atoms with Crippen LogP contribution >= 0.6 is 23.4 Å². The van der Waals surface area contributed by atoms with Gasteiger partial charge in [0.25, 0.3) is 0 Å². The van der Waals surface area contributed by atoms with Gasteiger partial charge in [-0.2, -0.15) is 5.10 Å². The Morgan fingerprint density at radius 1 is 1.40 bits per heavy atom. The van der Waals surface area contributed by atoms with Crippen molar-refractivity contribution in [1.82, 2.24) is 19.7 Å². The van der Waals surface area contributed by atoms with Gasteiger partial charge in [0.15, 0.2) is 0 Å². The summed E-state index contributed by atoms with van der Waals surface area (Å²) < 4.78 is 1.75. The SMILES string of the molecule is Cc1cc(Sc2cnn(C)c2)nc(Cl)n1. The summed E-state index contributed by atoms with van der Waals surface area (Å²) in [6.45, 7) is 1.89. The van der Waals surface area contributed by atoms with Crippen molar-refractivity contribution in [3.63, 3.8) is 0 Å². The van der Waals surface area contributed by atoms with Crippen LogP contribution in [0, 0.1) is 6.92 Å². The fourth-order valence-electron chi connectivity index (χ4n) is 1.13. The summed E-state index contributed by atoms with van der Waals surface area (Å²) in [6, 6.07) is 1.89. The number of halogens is 1. The maximum atomic E-state index is 5.77. The van der Waals surface area contributed by atoms with Gasteiger partial charge in [-0.05, 0) is 24.6 Å². The molecule has 2 aromatic heterocycles. The average Bonchev–Trinajstić information content (AvgIpc) is 2.49. The van der Waals surface area contributed by atoms with E-state index in [2.05, 4.69) is 15.1 Å². The molecule has 0 N–H and O–H groups in total. The van der Waals surface area contributed by atoms with E-state index in [0.29, 0.717) is 0 Å². The molecule has 4 nitrogen and oxygen atoms in total. The number of rotatable bonds is 2. The topological polar surface area (TPSA) is 43.6 Å². The second-order valence-corrected chi connectivity index (χ2v) is 4.50. The molecule has 78 valence electrons. The van der Waals surface area contributed by atoms with Crippen LogP contribution in [0.1, 0.15) is 5.69 Å². The highest BCUT2D eigenvalue weighted by Gasteiger charge is 2.03. The Balaban J connectivity index is 2.24. The maximum Gasteiger partial charge on any atom is 0.223 e. The number of hydrogen-bond donors (Lipinski definition) is 0. The molecule has 0 saturated carbocycles. The van der Waals surface area contributed by atoms with E-state index in [1.54, 1.807) is 10.9 Å². The molecule has 0 unspecified atom stereocenters. The Morgan fingerprint density at radius 2 is 2.20 bits per heavy atom. The summed E-state index contributed by atoms with van der Waals surface area (Å²) >= 11 is 7.28. The molecule has 0 fully saturated rings. The minimum Gasteiger partial charge on any atom is -0.275 e. The number of hydrogen-bond acceptors (Lipinski definition) is 4. The first-order chi connectivity index (χ1) is 7.13.